The second-order valence-corrected chi connectivity index (χ2v) is 5.68. The molecule has 0 saturated heterocycles. The monoisotopic (exact) mass is 349 g/mol. The molecule has 0 radical (unpaired) electrons. The first-order valence-corrected chi connectivity index (χ1v) is 8.20. The number of hydrogen-bond donors (Lipinski definition) is 1. The Morgan fingerprint density at radius 2 is 1.92 bits per heavy atom. The molecule has 1 heterocycles. The van der Waals surface area contributed by atoms with Crippen LogP contribution in [-0.2, 0) is 4.79 Å². The van der Waals surface area contributed by atoms with Crippen LogP contribution in [0.3, 0.4) is 0 Å². The Hall–Kier alpha value is -3.48. The van der Waals surface area contributed by atoms with Crippen molar-refractivity contribution < 1.29 is 9.59 Å². The highest BCUT2D eigenvalue weighted by Gasteiger charge is 2.12. The lowest BCUT2D eigenvalue weighted by Gasteiger charge is -2.17. The molecule has 1 N–H and O–H groups in total. The number of carbonyl (C=O) groups is 2. The molecule has 7 nitrogen and oxygen atoms in total. The quantitative estimate of drug-likeness (QED) is 0.739. The van der Waals surface area contributed by atoms with E-state index >= 15 is 0 Å². The van der Waals surface area contributed by atoms with Crippen molar-refractivity contribution in [1.29, 1.82) is 0 Å². The Morgan fingerprint density at radius 3 is 2.65 bits per heavy atom. The SMILES string of the molecule is CN(C(=O)CCNC(=O)c1cccc(-n2cncn2)c1)c1ccccc1. The van der Waals surface area contributed by atoms with Gasteiger partial charge in [-0.05, 0) is 30.3 Å². The zero-order chi connectivity index (χ0) is 18.4. The molecule has 0 bridgehead atoms. The van der Waals surface area contributed by atoms with E-state index in [1.54, 1.807) is 41.2 Å². The van der Waals surface area contributed by atoms with Crippen LogP contribution in [0.15, 0.2) is 67.3 Å². The fourth-order valence-corrected chi connectivity index (χ4v) is 2.48. The van der Waals surface area contributed by atoms with Gasteiger partial charge in [-0.2, -0.15) is 5.10 Å². The standard InChI is InChI=1S/C19H19N5O2/c1-23(16-7-3-2-4-8-16)18(25)10-11-21-19(26)15-6-5-9-17(12-15)24-14-20-13-22-24/h2-9,12-14H,10-11H2,1H3,(H,21,26). The second-order valence-electron chi connectivity index (χ2n) is 5.68. The first kappa shape index (κ1) is 17.3. The molecule has 2 amide bonds. The summed E-state index contributed by atoms with van der Waals surface area (Å²) in [7, 11) is 1.72. The topological polar surface area (TPSA) is 80.1 Å². The van der Waals surface area contributed by atoms with Crippen LogP contribution in [-0.4, -0.2) is 40.2 Å². The molecule has 1 aromatic heterocycles. The van der Waals surface area contributed by atoms with Crippen molar-refractivity contribution in [2.75, 3.05) is 18.5 Å². The van der Waals surface area contributed by atoms with Crippen molar-refractivity contribution in [3.05, 3.63) is 72.8 Å². The van der Waals surface area contributed by atoms with Gasteiger partial charge in [0.15, 0.2) is 0 Å². The van der Waals surface area contributed by atoms with Gasteiger partial charge in [0, 0.05) is 31.3 Å². The zero-order valence-corrected chi connectivity index (χ0v) is 14.4. The Labute approximate surface area is 151 Å². The molecule has 0 spiro atoms. The van der Waals surface area contributed by atoms with E-state index in [1.807, 2.05) is 36.4 Å². The van der Waals surface area contributed by atoms with Crippen molar-refractivity contribution in [2.45, 2.75) is 6.42 Å². The Kier molecular flexibility index (Phi) is 5.38. The Morgan fingerprint density at radius 1 is 1.12 bits per heavy atom. The largest absolute Gasteiger partial charge is 0.352 e. The fraction of sp³-hybridized carbons (Fsp3) is 0.158. The third-order valence-electron chi connectivity index (χ3n) is 3.93. The van der Waals surface area contributed by atoms with E-state index in [4.69, 9.17) is 0 Å². The summed E-state index contributed by atoms with van der Waals surface area (Å²) in [6, 6.07) is 16.4. The van der Waals surface area contributed by atoms with Gasteiger partial charge in [-0.1, -0.05) is 24.3 Å². The molecule has 132 valence electrons. The molecule has 0 atom stereocenters. The van der Waals surface area contributed by atoms with Crippen molar-refractivity contribution >= 4 is 17.5 Å². The second kappa shape index (κ2) is 8.06. The number of hydrogen-bond acceptors (Lipinski definition) is 4. The minimum atomic E-state index is -0.234. The fourth-order valence-electron chi connectivity index (χ4n) is 2.48. The smallest absolute Gasteiger partial charge is 0.251 e. The summed E-state index contributed by atoms with van der Waals surface area (Å²) >= 11 is 0. The van der Waals surface area contributed by atoms with E-state index in [0.717, 1.165) is 11.4 Å². The number of benzene rings is 2. The van der Waals surface area contributed by atoms with Crippen molar-refractivity contribution in [3.63, 3.8) is 0 Å². The lowest BCUT2D eigenvalue weighted by Crippen LogP contribution is -2.32. The van der Waals surface area contributed by atoms with Gasteiger partial charge in [0.1, 0.15) is 12.7 Å². The average Bonchev–Trinajstić information content (AvgIpc) is 3.23. The van der Waals surface area contributed by atoms with Gasteiger partial charge in [0.25, 0.3) is 5.91 Å². The number of nitrogens with zero attached hydrogens (tertiary/aromatic N) is 4. The van der Waals surface area contributed by atoms with Gasteiger partial charge in [-0.15, -0.1) is 0 Å². The van der Waals surface area contributed by atoms with Gasteiger partial charge in [-0.25, -0.2) is 9.67 Å². The molecule has 7 heteroatoms. The Bertz CT molecular complexity index is 878. The highest BCUT2D eigenvalue weighted by atomic mass is 16.2. The van der Waals surface area contributed by atoms with Gasteiger partial charge in [0.05, 0.1) is 5.69 Å². The molecule has 0 unspecified atom stereocenters. The lowest BCUT2D eigenvalue weighted by atomic mass is 10.2. The maximum Gasteiger partial charge on any atom is 0.251 e. The van der Waals surface area contributed by atoms with E-state index in [0.29, 0.717) is 5.56 Å². The molecule has 3 aromatic rings. The molecular formula is C19H19N5O2. The van der Waals surface area contributed by atoms with Crippen LogP contribution < -0.4 is 10.2 Å². The molecule has 0 fully saturated rings. The van der Waals surface area contributed by atoms with E-state index in [9.17, 15) is 9.59 Å². The first-order chi connectivity index (χ1) is 12.6. The molecule has 2 aromatic carbocycles. The van der Waals surface area contributed by atoms with Crippen molar-refractivity contribution in [1.82, 2.24) is 20.1 Å². The summed E-state index contributed by atoms with van der Waals surface area (Å²) in [5.74, 6) is -0.296. The summed E-state index contributed by atoms with van der Waals surface area (Å²) in [5.41, 5.74) is 2.07. The predicted octanol–water partition coefficient (Wildman–Crippen LogP) is 2.05. The third kappa shape index (κ3) is 4.13. The minimum Gasteiger partial charge on any atom is -0.352 e. The molecule has 0 aliphatic heterocycles. The molecule has 26 heavy (non-hydrogen) atoms. The average molecular weight is 349 g/mol. The van der Waals surface area contributed by atoms with Crippen LogP contribution in [0.25, 0.3) is 5.69 Å². The number of amides is 2. The van der Waals surface area contributed by atoms with E-state index in [2.05, 4.69) is 15.4 Å². The van der Waals surface area contributed by atoms with Crippen LogP contribution in [0.2, 0.25) is 0 Å². The summed E-state index contributed by atoms with van der Waals surface area (Å²) in [6.45, 7) is 0.266. The van der Waals surface area contributed by atoms with Gasteiger partial charge in [0.2, 0.25) is 5.91 Å². The molecule has 3 rings (SSSR count). The number of rotatable bonds is 6. The van der Waals surface area contributed by atoms with Gasteiger partial charge in [-0.3, -0.25) is 9.59 Å². The molecule has 0 aliphatic carbocycles. The van der Waals surface area contributed by atoms with Crippen LogP contribution >= 0.6 is 0 Å². The van der Waals surface area contributed by atoms with E-state index < -0.39 is 0 Å². The highest BCUT2D eigenvalue weighted by molar-refractivity contribution is 5.96. The summed E-state index contributed by atoms with van der Waals surface area (Å²) in [5, 5.41) is 6.82. The normalized spacial score (nSPS) is 10.3. The lowest BCUT2D eigenvalue weighted by molar-refractivity contribution is -0.118. The number of anilines is 1. The Balaban J connectivity index is 1.54. The van der Waals surface area contributed by atoms with Crippen LogP contribution in [0.5, 0.6) is 0 Å². The molecule has 0 saturated carbocycles. The van der Waals surface area contributed by atoms with Crippen LogP contribution in [0.4, 0.5) is 5.69 Å². The minimum absolute atomic E-state index is 0.0622. The van der Waals surface area contributed by atoms with Crippen LogP contribution in [0, 0.1) is 0 Å². The molecular weight excluding hydrogens is 330 g/mol. The third-order valence-corrected chi connectivity index (χ3v) is 3.93. The summed E-state index contributed by atoms with van der Waals surface area (Å²) in [6.07, 6.45) is 3.22. The zero-order valence-electron chi connectivity index (χ0n) is 14.4. The van der Waals surface area contributed by atoms with Crippen molar-refractivity contribution in [2.24, 2.45) is 0 Å². The maximum atomic E-state index is 12.3. The number of para-hydroxylation sites is 1. The highest BCUT2D eigenvalue weighted by Crippen LogP contribution is 2.12. The number of aromatic nitrogens is 3. The first-order valence-electron chi connectivity index (χ1n) is 8.20. The van der Waals surface area contributed by atoms with Crippen molar-refractivity contribution in [3.8, 4) is 5.69 Å². The molecule has 0 aliphatic rings. The van der Waals surface area contributed by atoms with Gasteiger partial charge >= 0.3 is 0 Å². The predicted molar refractivity (Wildman–Crippen MR) is 98.2 cm³/mol. The maximum absolute atomic E-state index is 12.3. The van der Waals surface area contributed by atoms with Gasteiger partial charge < -0.3 is 10.2 Å². The van der Waals surface area contributed by atoms with E-state index in [-0.39, 0.29) is 24.8 Å². The summed E-state index contributed by atoms with van der Waals surface area (Å²) < 4.78 is 1.58. The number of nitrogens with one attached hydrogen (secondary N) is 1. The van der Waals surface area contributed by atoms with Crippen LogP contribution in [0.1, 0.15) is 16.8 Å². The summed E-state index contributed by atoms with van der Waals surface area (Å²) in [4.78, 5) is 30.0. The number of carbonyl (C=O) groups excluding carboxylic acids is 2. The van der Waals surface area contributed by atoms with E-state index in [1.165, 1.54) is 6.33 Å².